The molecule has 0 spiro atoms. The number of nitrogens with zero attached hydrogens (tertiary/aromatic N) is 1. The minimum Gasteiger partial charge on any atom is -0.288 e. The van der Waals surface area contributed by atoms with Gasteiger partial charge in [-0.25, -0.2) is 8.42 Å². The molecule has 1 aromatic rings. The molecule has 0 atom stereocenters. The Labute approximate surface area is 102 Å². The molecule has 0 saturated carbocycles. The van der Waals surface area contributed by atoms with Gasteiger partial charge in [0.05, 0.1) is 12.0 Å². The van der Waals surface area contributed by atoms with Crippen LogP contribution < -0.4 is 0 Å². The van der Waals surface area contributed by atoms with Crippen molar-refractivity contribution in [3.05, 3.63) is 29.3 Å². The number of hydrogen-bond donors (Lipinski definition) is 0. The van der Waals surface area contributed by atoms with E-state index < -0.39 is 10.0 Å². The molecule has 94 valence electrons. The molecule has 0 heterocycles. The second kappa shape index (κ2) is 4.76. The van der Waals surface area contributed by atoms with Crippen molar-refractivity contribution < 1.29 is 13.3 Å². The van der Waals surface area contributed by atoms with Crippen LogP contribution in [0, 0.1) is 0 Å². The fourth-order valence-corrected chi connectivity index (χ4v) is 3.14. The van der Waals surface area contributed by atoms with Gasteiger partial charge >= 0.3 is 0 Å². The van der Waals surface area contributed by atoms with Crippen molar-refractivity contribution in [1.29, 1.82) is 0 Å². The van der Waals surface area contributed by atoms with Gasteiger partial charge in [-0.15, -0.1) is 0 Å². The average molecular weight is 255 g/mol. The summed E-state index contributed by atoms with van der Waals surface area (Å²) in [6, 6.07) is 5.36. The Balaban J connectivity index is 2.41. The van der Waals surface area contributed by atoms with E-state index in [9.17, 15) is 8.42 Å². The first-order valence-corrected chi connectivity index (χ1v) is 7.14. The van der Waals surface area contributed by atoms with Crippen LogP contribution >= 0.6 is 0 Å². The van der Waals surface area contributed by atoms with Crippen molar-refractivity contribution in [2.75, 3.05) is 14.2 Å². The molecule has 4 nitrogen and oxygen atoms in total. The van der Waals surface area contributed by atoms with Crippen LogP contribution in [0.25, 0.3) is 0 Å². The molecular formula is C12H17NO3S. The number of hydrogen-bond acceptors (Lipinski definition) is 3. The Kier molecular flexibility index (Phi) is 3.51. The Hall–Kier alpha value is -0.910. The maximum absolute atomic E-state index is 12.0. The van der Waals surface area contributed by atoms with Gasteiger partial charge < -0.3 is 0 Å². The number of benzene rings is 1. The maximum atomic E-state index is 12.0. The van der Waals surface area contributed by atoms with Crippen molar-refractivity contribution in [3.63, 3.8) is 0 Å². The zero-order chi connectivity index (χ0) is 12.5. The van der Waals surface area contributed by atoms with Crippen molar-refractivity contribution in [1.82, 2.24) is 4.47 Å². The van der Waals surface area contributed by atoms with Crippen molar-refractivity contribution in [2.24, 2.45) is 0 Å². The van der Waals surface area contributed by atoms with Gasteiger partial charge in [0.2, 0.25) is 0 Å². The van der Waals surface area contributed by atoms with Crippen LogP contribution in [-0.4, -0.2) is 27.0 Å². The van der Waals surface area contributed by atoms with Gasteiger partial charge in [-0.2, -0.15) is 0 Å². The molecule has 0 amide bonds. The molecule has 2 rings (SSSR count). The molecule has 5 heteroatoms. The van der Waals surface area contributed by atoms with Gasteiger partial charge in [0.15, 0.2) is 0 Å². The van der Waals surface area contributed by atoms with Crippen LogP contribution in [0.3, 0.4) is 0 Å². The fraction of sp³-hybridized carbons (Fsp3) is 0.500. The van der Waals surface area contributed by atoms with Crippen LogP contribution in [-0.2, 0) is 27.7 Å². The van der Waals surface area contributed by atoms with Crippen LogP contribution in [0.5, 0.6) is 0 Å². The molecule has 0 unspecified atom stereocenters. The summed E-state index contributed by atoms with van der Waals surface area (Å²) in [4.78, 5) is 5.07. The van der Waals surface area contributed by atoms with E-state index in [0.29, 0.717) is 4.90 Å². The summed E-state index contributed by atoms with van der Waals surface area (Å²) < 4.78 is 25.0. The van der Waals surface area contributed by atoms with Gasteiger partial charge in [0.25, 0.3) is 10.0 Å². The summed E-state index contributed by atoms with van der Waals surface area (Å²) in [6.07, 6.45) is 4.35. The summed E-state index contributed by atoms with van der Waals surface area (Å²) in [5.74, 6) is 0. The zero-order valence-corrected chi connectivity index (χ0v) is 11.0. The first-order valence-electron chi connectivity index (χ1n) is 5.70. The van der Waals surface area contributed by atoms with Gasteiger partial charge in [0.1, 0.15) is 0 Å². The fourth-order valence-electron chi connectivity index (χ4n) is 2.12. The molecular weight excluding hydrogens is 238 g/mol. The first-order chi connectivity index (χ1) is 8.05. The Morgan fingerprint density at radius 2 is 1.82 bits per heavy atom. The zero-order valence-electron chi connectivity index (χ0n) is 10.1. The highest BCUT2D eigenvalue weighted by atomic mass is 32.2. The van der Waals surface area contributed by atoms with Gasteiger partial charge in [-0.05, 0) is 48.9 Å². The second-order valence-electron chi connectivity index (χ2n) is 4.23. The van der Waals surface area contributed by atoms with E-state index in [4.69, 9.17) is 4.84 Å². The van der Waals surface area contributed by atoms with E-state index in [2.05, 4.69) is 0 Å². The lowest BCUT2D eigenvalue weighted by molar-refractivity contribution is -0.0258. The minimum absolute atomic E-state index is 0.308. The molecule has 0 fully saturated rings. The van der Waals surface area contributed by atoms with E-state index in [1.807, 2.05) is 6.07 Å². The summed E-state index contributed by atoms with van der Waals surface area (Å²) >= 11 is 0. The first kappa shape index (κ1) is 12.5. The van der Waals surface area contributed by atoms with E-state index in [1.54, 1.807) is 12.1 Å². The largest absolute Gasteiger partial charge is 0.288 e. The standard InChI is InChI=1S/C12H17NO3S/c1-13(16-2)17(14,15)12-8-7-10-5-3-4-6-11(10)9-12/h7-9H,3-6H2,1-2H3. The van der Waals surface area contributed by atoms with E-state index in [-0.39, 0.29) is 0 Å². The monoisotopic (exact) mass is 255 g/mol. The lowest BCUT2D eigenvalue weighted by Gasteiger charge is -2.18. The highest BCUT2D eigenvalue weighted by Gasteiger charge is 2.22. The van der Waals surface area contributed by atoms with Gasteiger partial charge in [-0.3, -0.25) is 4.84 Å². The number of rotatable bonds is 3. The highest BCUT2D eigenvalue weighted by Crippen LogP contribution is 2.25. The molecule has 1 aliphatic rings. The number of sulfonamides is 1. The molecule has 1 aromatic carbocycles. The Morgan fingerprint density at radius 3 is 2.47 bits per heavy atom. The predicted octanol–water partition coefficient (Wildman–Crippen LogP) is 1.75. The predicted molar refractivity (Wildman–Crippen MR) is 65.0 cm³/mol. The number of fused-ring (bicyclic) bond motifs is 1. The third kappa shape index (κ3) is 2.36. The van der Waals surface area contributed by atoms with Crippen LogP contribution in [0.4, 0.5) is 0 Å². The van der Waals surface area contributed by atoms with E-state index in [0.717, 1.165) is 29.3 Å². The minimum atomic E-state index is -3.51. The molecule has 0 radical (unpaired) electrons. The SMILES string of the molecule is CON(C)S(=O)(=O)c1ccc2c(c1)CCCC2. The van der Waals surface area contributed by atoms with Crippen molar-refractivity contribution >= 4 is 10.0 Å². The molecule has 0 aliphatic heterocycles. The normalized spacial score (nSPS) is 15.9. The lowest BCUT2D eigenvalue weighted by atomic mass is 9.92. The topological polar surface area (TPSA) is 46.6 Å². The van der Waals surface area contributed by atoms with Crippen molar-refractivity contribution in [2.45, 2.75) is 30.6 Å². The third-order valence-corrected chi connectivity index (χ3v) is 4.89. The highest BCUT2D eigenvalue weighted by molar-refractivity contribution is 7.89. The third-order valence-electron chi connectivity index (χ3n) is 3.21. The molecule has 0 aromatic heterocycles. The molecule has 0 N–H and O–H groups in total. The number of aryl methyl sites for hydroxylation is 2. The van der Waals surface area contributed by atoms with Crippen LogP contribution in [0.2, 0.25) is 0 Å². The quantitative estimate of drug-likeness (QED) is 0.773. The van der Waals surface area contributed by atoms with Gasteiger partial charge in [-0.1, -0.05) is 10.5 Å². The average Bonchev–Trinajstić information content (AvgIpc) is 2.37. The smallest absolute Gasteiger partial charge is 0.264 e. The summed E-state index contributed by atoms with van der Waals surface area (Å²) in [5, 5.41) is 0. The van der Waals surface area contributed by atoms with E-state index >= 15 is 0 Å². The maximum Gasteiger partial charge on any atom is 0.264 e. The Bertz CT molecular complexity index is 510. The summed E-state index contributed by atoms with van der Waals surface area (Å²) in [5.41, 5.74) is 2.43. The lowest BCUT2D eigenvalue weighted by Crippen LogP contribution is -2.26. The summed E-state index contributed by atoms with van der Waals surface area (Å²) in [6.45, 7) is 0. The molecule has 17 heavy (non-hydrogen) atoms. The second-order valence-corrected chi connectivity index (χ2v) is 6.17. The molecule has 1 aliphatic carbocycles. The Morgan fingerprint density at radius 1 is 1.18 bits per heavy atom. The van der Waals surface area contributed by atoms with Crippen LogP contribution in [0.1, 0.15) is 24.0 Å². The van der Waals surface area contributed by atoms with Crippen molar-refractivity contribution in [3.8, 4) is 0 Å². The van der Waals surface area contributed by atoms with Gasteiger partial charge in [0, 0.05) is 7.05 Å². The summed E-state index contributed by atoms with van der Waals surface area (Å²) in [7, 11) is -0.771. The molecule has 0 bridgehead atoms. The van der Waals surface area contributed by atoms with Crippen LogP contribution in [0.15, 0.2) is 23.1 Å². The number of hydroxylamine groups is 1. The molecule has 0 saturated heterocycles. The van der Waals surface area contributed by atoms with E-state index in [1.165, 1.54) is 26.1 Å².